The molecule has 0 aromatic heterocycles. The molecule has 0 aliphatic heterocycles. The predicted molar refractivity (Wildman–Crippen MR) is 79.5 cm³/mol. The van der Waals surface area contributed by atoms with E-state index in [1.165, 1.54) is 12.1 Å². The lowest BCUT2D eigenvalue weighted by atomic mass is 9.97. The highest BCUT2D eigenvalue weighted by molar-refractivity contribution is 6.30. The maximum Gasteiger partial charge on any atom is 0.128 e. The Morgan fingerprint density at radius 1 is 1.20 bits per heavy atom. The van der Waals surface area contributed by atoms with Crippen molar-refractivity contribution in [3.05, 3.63) is 70.0 Å². The van der Waals surface area contributed by atoms with E-state index >= 15 is 0 Å². The Labute approximate surface area is 123 Å². The van der Waals surface area contributed by atoms with Crippen molar-refractivity contribution in [2.24, 2.45) is 5.73 Å². The van der Waals surface area contributed by atoms with E-state index in [2.05, 4.69) is 0 Å². The Balaban J connectivity index is 2.20. The van der Waals surface area contributed by atoms with Crippen LogP contribution in [0.1, 0.15) is 22.7 Å². The van der Waals surface area contributed by atoms with Gasteiger partial charge in [0.25, 0.3) is 0 Å². The lowest BCUT2D eigenvalue weighted by Crippen LogP contribution is -2.13. The van der Waals surface area contributed by atoms with Crippen LogP contribution in [0.3, 0.4) is 0 Å². The van der Waals surface area contributed by atoms with Crippen molar-refractivity contribution in [3.8, 4) is 0 Å². The standard InChI is InChI=1S/C16H17ClFNO/c1-20-9-8-11-2-4-12(5-3-11)16(19)14-10-13(17)6-7-15(14)18/h2-7,10,16H,8-9,19H2,1H3. The third kappa shape index (κ3) is 3.57. The predicted octanol–water partition coefficient (Wildman–Crippen LogP) is 3.72. The van der Waals surface area contributed by atoms with Crippen molar-refractivity contribution in [1.82, 2.24) is 0 Å². The molecule has 0 aliphatic carbocycles. The van der Waals surface area contributed by atoms with Gasteiger partial charge >= 0.3 is 0 Å². The molecule has 0 amide bonds. The zero-order valence-corrected chi connectivity index (χ0v) is 12.0. The summed E-state index contributed by atoms with van der Waals surface area (Å²) in [4.78, 5) is 0. The maximum atomic E-state index is 13.8. The molecule has 0 fully saturated rings. The summed E-state index contributed by atoms with van der Waals surface area (Å²) in [5.41, 5.74) is 8.53. The molecular formula is C16H17ClFNO. The van der Waals surface area contributed by atoms with Gasteiger partial charge in [0.1, 0.15) is 5.82 Å². The minimum atomic E-state index is -0.523. The summed E-state index contributed by atoms with van der Waals surface area (Å²) in [5.74, 6) is -0.342. The second-order valence-corrected chi connectivity index (χ2v) is 5.06. The van der Waals surface area contributed by atoms with Crippen molar-refractivity contribution >= 4 is 11.6 Å². The van der Waals surface area contributed by atoms with Gasteiger partial charge in [-0.3, -0.25) is 0 Å². The summed E-state index contributed by atoms with van der Waals surface area (Å²) >= 11 is 5.89. The first-order chi connectivity index (χ1) is 9.61. The van der Waals surface area contributed by atoms with E-state index in [0.29, 0.717) is 17.2 Å². The van der Waals surface area contributed by atoms with Crippen molar-refractivity contribution < 1.29 is 9.13 Å². The molecule has 2 nitrogen and oxygen atoms in total. The molecule has 0 saturated heterocycles. The smallest absolute Gasteiger partial charge is 0.128 e. The first-order valence-electron chi connectivity index (χ1n) is 6.40. The third-order valence-electron chi connectivity index (χ3n) is 3.23. The highest BCUT2D eigenvalue weighted by atomic mass is 35.5. The Morgan fingerprint density at radius 3 is 2.55 bits per heavy atom. The van der Waals surface area contributed by atoms with Gasteiger partial charge in [0.15, 0.2) is 0 Å². The molecule has 2 aromatic rings. The summed E-state index contributed by atoms with van der Waals surface area (Å²) in [7, 11) is 1.67. The molecule has 2 aromatic carbocycles. The molecule has 106 valence electrons. The Morgan fingerprint density at radius 2 is 1.90 bits per heavy atom. The molecule has 1 unspecified atom stereocenters. The molecule has 0 saturated carbocycles. The minimum absolute atomic E-state index is 0.342. The number of benzene rings is 2. The van der Waals surface area contributed by atoms with Gasteiger partial charge in [-0.05, 0) is 35.7 Å². The van der Waals surface area contributed by atoms with Gasteiger partial charge in [-0.2, -0.15) is 0 Å². The van der Waals surface area contributed by atoms with Crippen LogP contribution < -0.4 is 5.73 Å². The van der Waals surface area contributed by atoms with E-state index in [4.69, 9.17) is 22.1 Å². The van der Waals surface area contributed by atoms with Crippen LogP contribution in [0, 0.1) is 5.82 Å². The fourth-order valence-electron chi connectivity index (χ4n) is 2.04. The van der Waals surface area contributed by atoms with E-state index in [9.17, 15) is 4.39 Å². The quantitative estimate of drug-likeness (QED) is 0.912. The molecule has 0 spiro atoms. The second kappa shape index (κ2) is 6.84. The highest BCUT2D eigenvalue weighted by Gasteiger charge is 2.14. The number of methoxy groups -OCH3 is 1. The molecule has 0 radical (unpaired) electrons. The lowest BCUT2D eigenvalue weighted by molar-refractivity contribution is 0.202. The fraction of sp³-hybridized carbons (Fsp3) is 0.250. The van der Waals surface area contributed by atoms with Gasteiger partial charge < -0.3 is 10.5 Å². The largest absolute Gasteiger partial charge is 0.384 e. The number of ether oxygens (including phenoxy) is 1. The molecule has 0 aliphatic rings. The number of hydrogen-bond acceptors (Lipinski definition) is 2. The zero-order chi connectivity index (χ0) is 14.5. The molecule has 20 heavy (non-hydrogen) atoms. The fourth-order valence-corrected chi connectivity index (χ4v) is 2.22. The summed E-state index contributed by atoms with van der Waals surface area (Å²) in [5, 5.41) is 0.480. The van der Waals surface area contributed by atoms with Gasteiger partial charge in [-0.15, -0.1) is 0 Å². The Bertz CT molecular complexity index is 571. The molecular weight excluding hydrogens is 277 g/mol. The highest BCUT2D eigenvalue weighted by Crippen LogP contribution is 2.25. The van der Waals surface area contributed by atoms with Crippen LogP contribution in [0.4, 0.5) is 4.39 Å². The topological polar surface area (TPSA) is 35.2 Å². The van der Waals surface area contributed by atoms with Crippen LogP contribution in [0.5, 0.6) is 0 Å². The van der Waals surface area contributed by atoms with Crippen molar-refractivity contribution in [2.75, 3.05) is 13.7 Å². The van der Waals surface area contributed by atoms with Gasteiger partial charge in [-0.1, -0.05) is 35.9 Å². The van der Waals surface area contributed by atoms with E-state index < -0.39 is 6.04 Å². The van der Waals surface area contributed by atoms with E-state index in [1.54, 1.807) is 13.2 Å². The van der Waals surface area contributed by atoms with Crippen LogP contribution in [-0.2, 0) is 11.2 Å². The van der Waals surface area contributed by atoms with Gasteiger partial charge in [0.05, 0.1) is 12.6 Å². The molecule has 2 rings (SSSR count). The van der Waals surface area contributed by atoms with Crippen LogP contribution in [0.25, 0.3) is 0 Å². The molecule has 0 heterocycles. The Hall–Kier alpha value is -1.42. The average Bonchev–Trinajstić information content (AvgIpc) is 2.47. The molecule has 2 N–H and O–H groups in total. The van der Waals surface area contributed by atoms with Crippen LogP contribution in [0.15, 0.2) is 42.5 Å². The van der Waals surface area contributed by atoms with E-state index in [-0.39, 0.29) is 5.82 Å². The summed E-state index contributed by atoms with van der Waals surface area (Å²) in [6, 6.07) is 11.7. The first-order valence-corrected chi connectivity index (χ1v) is 6.78. The molecule has 1 atom stereocenters. The van der Waals surface area contributed by atoms with Crippen LogP contribution in [-0.4, -0.2) is 13.7 Å². The normalized spacial score (nSPS) is 12.4. The third-order valence-corrected chi connectivity index (χ3v) is 3.46. The van der Waals surface area contributed by atoms with Gasteiger partial charge in [0, 0.05) is 17.7 Å². The second-order valence-electron chi connectivity index (χ2n) is 4.63. The number of nitrogens with two attached hydrogens (primary N) is 1. The van der Waals surface area contributed by atoms with Crippen molar-refractivity contribution in [1.29, 1.82) is 0 Å². The average molecular weight is 294 g/mol. The summed E-state index contributed by atoms with van der Waals surface area (Å²) in [6.07, 6.45) is 0.845. The summed E-state index contributed by atoms with van der Waals surface area (Å²) in [6.45, 7) is 0.675. The number of hydrogen-bond donors (Lipinski definition) is 1. The number of halogens is 2. The van der Waals surface area contributed by atoms with Crippen LogP contribution >= 0.6 is 11.6 Å². The van der Waals surface area contributed by atoms with Crippen LogP contribution in [0.2, 0.25) is 5.02 Å². The van der Waals surface area contributed by atoms with Crippen molar-refractivity contribution in [3.63, 3.8) is 0 Å². The Kier molecular flexibility index (Phi) is 5.12. The van der Waals surface area contributed by atoms with Gasteiger partial charge in [0.2, 0.25) is 0 Å². The van der Waals surface area contributed by atoms with Gasteiger partial charge in [-0.25, -0.2) is 4.39 Å². The summed E-state index contributed by atoms with van der Waals surface area (Å²) < 4.78 is 18.8. The molecule has 0 bridgehead atoms. The number of rotatable bonds is 5. The maximum absolute atomic E-state index is 13.8. The monoisotopic (exact) mass is 293 g/mol. The minimum Gasteiger partial charge on any atom is -0.384 e. The molecule has 4 heteroatoms. The first kappa shape index (κ1) is 15.0. The lowest BCUT2D eigenvalue weighted by Gasteiger charge is -2.14. The van der Waals surface area contributed by atoms with E-state index in [1.807, 2.05) is 24.3 Å². The SMILES string of the molecule is COCCc1ccc(C(N)c2cc(Cl)ccc2F)cc1. The van der Waals surface area contributed by atoms with Crippen molar-refractivity contribution in [2.45, 2.75) is 12.5 Å². The van der Waals surface area contributed by atoms with E-state index in [0.717, 1.165) is 17.5 Å². The zero-order valence-electron chi connectivity index (χ0n) is 11.3.